The number of piperidine rings is 1. The molecule has 3 rings (SSSR count). The van der Waals surface area contributed by atoms with Crippen molar-refractivity contribution in [3.8, 4) is 6.07 Å². The third-order valence-corrected chi connectivity index (χ3v) is 4.14. The molecule has 0 saturated carbocycles. The molecule has 1 aromatic heterocycles. The molecule has 6 heteroatoms. The molecule has 1 aliphatic heterocycles. The minimum absolute atomic E-state index is 0.0739. The summed E-state index contributed by atoms with van der Waals surface area (Å²) in [6.07, 6.45) is 2.69. The van der Waals surface area contributed by atoms with Gasteiger partial charge >= 0.3 is 0 Å². The summed E-state index contributed by atoms with van der Waals surface area (Å²) in [5.41, 5.74) is 1.12. The highest BCUT2D eigenvalue weighted by Gasteiger charge is 2.28. The topological polar surface area (TPSA) is 86.3 Å². The van der Waals surface area contributed by atoms with Gasteiger partial charge in [0.15, 0.2) is 5.76 Å². The van der Waals surface area contributed by atoms with E-state index < -0.39 is 0 Å². The Morgan fingerprint density at radius 2 is 2.00 bits per heavy atom. The van der Waals surface area contributed by atoms with E-state index >= 15 is 0 Å². The molecule has 24 heavy (non-hydrogen) atoms. The van der Waals surface area contributed by atoms with E-state index in [-0.39, 0.29) is 17.7 Å². The SMILES string of the molecule is N#Cc1cccc(NC(=O)C2CCN(C(=O)c3ccco3)CC2)c1. The van der Waals surface area contributed by atoms with Crippen LogP contribution in [-0.2, 0) is 4.79 Å². The van der Waals surface area contributed by atoms with Crippen molar-refractivity contribution in [3.05, 3.63) is 54.0 Å². The normalized spacial score (nSPS) is 14.9. The van der Waals surface area contributed by atoms with E-state index in [2.05, 4.69) is 5.32 Å². The van der Waals surface area contributed by atoms with Crippen LogP contribution in [0.5, 0.6) is 0 Å². The summed E-state index contributed by atoms with van der Waals surface area (Å²) < 4.78 is 5.13. The average Bonchev–Trinajstić information content (AvgIpc) is 3.16. The number of rotatable bonds is 3. The summed E-state index contributed by atoms with van der Waals surface area (Å²) in [6, 6.07) is 12.2. The Morgan fingerprint density at radius 1 is 1.21 bits per heavy atom. The predicted octanol–water partition coefficient (Wildman–Crippen LogP) is 2.64. The summed E-state index contributed by atoms with van der Waals surface area (Å²) in [5.74, 6) is -0.0293. The quantitative estimate of drug-likeness (QED) is 0.940. The molecule has 2 heterocycles. The average molecular weight is 323 g/mol. The molecule has 0 bridgehead atoms. The third kappa shape index (κ3) is 3.46. The first-order valence-corrected chi connectivity index (χ1v) is 7.81. The van der Waals surface area contributed by atoms with E-state index in [1.54, 1.807) is 41.3 Å². The third-order valence-electron chi connectivity index (χ3n) is 4.14. The van der Waals surface area contributed by atoms with Gasteiger partial charge in [-0.05, 0) is 43.2 Å². The molecule has 0 unspecified atom stereocenters. The molecule has 6 nitrogen and oxygen atoms in total. The molecule has 1 fully saturated rings. The van der Waals surface area contributed by atoms with E-state index in [4.69, 9.17) is 9.68 Å². The number of carbonyl (C=O) groups is 2. The molecule has 0 radical (unpaired) electrons. The Hall–Kier alpha value is -3.07. The summed E-state index contributed by atoms with van der Waals surface area (Å²) >= 11 is 0. The van der Waals surface area contributed by atoms with E-state index in [1.165, 1.54) is 6.26 Å². The summed E-state index contributed by atoms with van der Waals surface area (Å²) in [7, 11) is 0. The standard InChI is InChI=1S/C18H17N3O3/c19-12-13-3-1-4-15(11-13)20-17(22)14-6-8-21(9-7-14)18(23)16-5-2-10-24-16/h1-5,10-11,14H,6-9H2,(H,20,22). The number of nitrogens with zero attached hydrogens (tertiary/aromatic N) is 2. The van der Waals surface area contributed by atoms with Crippen LogP contribution in [0.2, 0.25) is 0 Å². The van der Waals surface area contributed by atoms with Crippen molar-refractivity contribution in [1.29, 1.82) is 5.26 Å². The van der Waals surface area contributed by atoms with Crippen LogP contribution in [0.4, 0.5) is 5.69 Å². The zero-order valence-corrected chi connectivity index (χ0v) is 13.1. The molecule has 1 aromatic carbocycles. The number of hydrogen-bond acceptors (Lipinski definition) is 4. The second-order valence-electron chi connectivity index (χ2n) is 5.73. The van der Waals surface area contributed by atoms with Crippen LogP contribution in [0.25, 0.3) is 0 Å². The van der Waals surface area contributed by atoms with Gasteiger partial charge in [0.05, 0.1) is 17.9 Å². The van der Waals surface area contributed by atoms with Gasteiger partial charge in [-0.3, -0.25) is 9.59 Å². The molecule has 0 aliphatic carbocycles. The number of carbonyl (C=O) groups excluding carboxylic acids is 2. The van der Waals surface area contributed by atoms with Crippen LogP contribution >= 0.6 is 0 Å². The van der Waals surface area contributed by atoms with E-state index in [9.17, 15) is 9.59 Å². The van der Waals surface area contributed by atoms with Crippen LogP contribution in [0.1, 0.15) is 29.0 Å². The van der Waals surface area contributed by atoms with E-state index in [1.807, 2.05) is 6.07 Å². The monoisotopic (exact) mass is 323 g/mol. The Bertz CT molecular complexity index is 769. The van der Waals surface area contributed by atoms with Crippen LogP contribution in [0.3, 0.4) is 0 Å². The highest BCUT2D eigenvalue weighted by atomic mass is 16.3. The Morgan fingerprint density at radius 3 is 2.67 bits per heavy atom. The molecule has 1 N–H and O–H groups in total. The lowest BCUT2D eigenvalue weighted by molar-refractivity contribution is -0.121. The lowest BCUT2D eigenvalue weighted by Gasteiger charge is -2.30. The summed E-state index contributed by atoms with van der Waals surface area (Å²) in [6.45, 7) is 1.05. The van der Waals surface area contributed by atoms with Crippen molar-refractivity contribution in [2.75, 3.05) is 18.4 Å². The van der Waals surface area contributed by atoms with E-state index in [0.29, 0.717) is 42.9 Å². The molecular formula is C18H17N3O3. The first-order valence-electron chi connectivity index (χ1n) is 7.81. The maximum atomic E-state index is 12.4. The fourth-order valence-electron chi connectivity index (χ4n) is 2.81. The first-order chi connectivity index (χ1) is 11.7. The molecule has 1 aliphatic rings. The lowest BCUT2D eigenvalue weighted by Crippen LogP contribution is -2.41. The van der Waals surface area contributed by atoms with Gasteiger partial charge < -0.3 is 14.6 Å². The van der Waals surface area contributed by atoms with Crippen LogP contribution < -0.4 is 5.32 Å². The second kappa shape index (κ2) is 7.01. The molecule has 1 saturated heterocycles. The van der Waals surface area contributed by atoms with Gasteiger partial charge in [-0.2, -0.15) is 5.26 Å². The van der Waals surface area contributed by atoms with Crippen molar-refractivity contribution < 1.29 is 14.0 Å². The van der Waals surface area contributed by atoms with Gasteiger partial charge in [0, 0.05) is 24.7 Å². The molecule has 0 atom stereocenters. The number of nitrogens with one attached hydrogen (secondary N) is 1. The molecule has 2 aromatic rings. The zero-order valence-electron chi connectivity index (χ0n) is 13.1. The minimum Gasteiger partial charge on any atom is -0.459 e. The fourth-order valence-corrected chi connectivity index (χ4v) is 2.81. The van der Waals surface area contributed by atoms with Gasteiger partial charge in [-0.15, -0.1) is 0 Å². The second-order valence-corrected chi connectivity index (χ2v) is 5.73. The minimum atomic E-state index is -0.142. The van der Waals surface area contributed by atoms with Gasteiger partial charge in [0.1, 0.15) is 0 Å². The summed E-state index contributed by atoms with van der Waals surface area (Å²) in [4.78, 5) is 26.3. The van der Waals surface area contributed by atoms with Gasteiger partial charge in [-0.1, -0.05) is 6.07 Å². The number of hydrogen-bond donors (Lipinski definition) is 1. The number of anilines is 1. The van der Waals surface area contributed by atoms with Crippen LogP contribution in [-0.4, -0.2) is 29.8 Å². The van der Waals surface area contributed by atoms with Crippen LogP contribution in [0, 0.1) is 17.2 Å². The van der Waals surface area contributed by atoms with Crippen molar-refractivity contribution in [1.82, 2.24) is 4.90 Å². The van der Waals surface area contributed by atoms with E-state index in [0.717, 1.165) is 0 Å². The Balaban J connectivity index is 1.55. The van der Waals surface area contributed by atoms with Crippen LogP contribution in [0.15, 0.2) is 47.1 Å². The van der Waals surface area contributed by atoms with Gasteiger partial charge in [0.2, 0.25) is 5.91 Å². The van der Waals surface area contributed by atoms with Crippen molar-refractivity contribution in [2.45, 2.75) is 12.8 Å². The smallest absolute Gasteiger partial charge is 0.289 e. The van der Waals surface area contributed by atoms with Crippen molar-refractivity contribution in [2.24, 2.45) is 5.92 Å². The number of furan rings is 1. The van der Waals surface area contributed by atoms with Crippen molar-refractivity contribution in [3.63, 3.8) is 0 Å². The summed E-state index contributed by atoms with van der Waals surface area (Å²) in [5, 5.41) is 11.7. The Labute approximate surface area is 139 Å². The highest BCUT2D eigenvalue weighted by molar-refractivity contribution is 5.94. The Kier molecular flexibility index (Phi) is 4.62. The predicted molar refractivity (Wildman–Crippen MR) is 87.1 cm³/mol. The maximum Gasteiger partial charge on any atom is 0.289 e. The fraction of sp³-hybridized carbons (Fsp3) is 0.278. The first kappa shape index (κ1) is 15.8. The molecule has 0 spiro atoms. The largest absolute Gasteiger partial charge is 0.459 e. The molecular weight excluding hydrogens is 306 g/mol. The zero-order chi connectivity index (χ0) is 16.9. The number of benzene rings is 1. The number of nitriles is 1. The molecule has 2 amide bonds. The number of likely N-dealkylation sites (tertiary alicyclic amines) is 1. The van der Waals surface area contributed by atoms with Gasteiger partial charge in [0.25, 0.3) is 5.91 Å². The van der Waals surface area contributed by atoms with Gasteiger partial charge in [-0.25, -0.2) is 0 Å². The maximum absolute atomic E-state index is 12.4. The lowest BCUT2D eigenvalue weighted by atomic mass is 9.95. The highest BCUT2D eigenvalue weighted by Crippen LogP contribution is 2.21. The number of amides is 2. The molecule has 122 valence electrons. The van der Waals surface area contributed by atoms with Crippen molar-refractivity contribution >= 4 is 17.5 Å².